The van der Waals surface area contributed by atoms with Gasteiger partial charge in [0, 0.05) is 43.7 Å². The number of carbonyl (C=O) groups excluding carboxylic acids is 2. The van der Waals surface area contributed by atoms with Crippen LogP contribution in [0.1, 0.15) is 41.7 Å². The van der Waals surface area contributed by atoms with E-state index >= 15 is 4.39 Å². The summed E-state index contributed by atoms with van der Waals surface area (Å²) in [5.74, 6) is -1.53. The fourth-order valence-corrected chi connectivity index (χ4v) is 5.03. The first-order valence-electron chi connectivity index (χ1n) is 12.7. The maximum absolute atomic E-state index is 15.2. The van der Waals surface area contributed by atoms with Crippen molar-refractivity contribution in [1.82, 2.24) is 29.8 Å². The normalized spacial score (nSPS) is 11.4. The minimum Gasteiger partial charge on any atom is -0.383 e. The number of hydrazine groups is 1. The van der Waals surface area contributed by atoms with E-state index in [1.165, 1.54) is 32.2 Å². The summed E-state index contributed by atoms with van der Waals surface area (Å²) in [6.07, 6.45) is -2.00. The average Bonchev–Trinajstić information content (AvgIpc) is 3.61. The summed E-state index contributed by atoms with van der Waals surface area (Å²) in [7, 11) is 3.11. The lowest BCUT2D eigenvalue weighted by Gasteiger charge is -2.31. The number of rotatable bonds is 4. The van der Waals surface area contributed by atoms with Crippen LogP contribution in [0.3, 0.4) is 0 Å². The number of nitrogens with zero attached hydrogens (tertiary/aromatic N) is 6. The number of nitrogens with two attached hydrogens (primary N) is 1. The van der Waals surface area contributed by atoms with E-state index in [4.69, 9.17) is 5.73 Å². The molecular weight excluding hydrogens is 574 g/mol. The van der Waals surface area contributed by atoms with E-state index in [0.29, 0.717) is 39.0 Å². The zero-order chi connectivity index (χ0) is 30.9. The van der Waals surface area contributed by atoms with Gasteiger partial charge >= 0.3 is 6.18 Å². The van der Waals surface area contributed by atoms with Crippen molar-refractivity contribution >= 4 is 50.8 Å². The second-order valence-corrected chi connectivity index (χ2v) is 10.0. The number of nitrogen functional groups attached to an aromatic ring is 1. The van der Waals surface area contributed by atoms with Crippen molar-refractivity contribution in [2.24, 2.45) is 7.05 Å². The fourth-order valence-electron chi connectivity index (χ4n) is 4.25. The first kappa shape index (κ1) is 30.4. The van der Waals surface area contributed by atoms with E-state index < -0.39 is 28.8 Å². The predicted molar refractivity (Wildman–Crippen MR) is 153 cm³/mol. The third-order valence-electron chi connectivity index (χ3n) is 6.41. The highest BCUT2D eigenvalue weighted by Crippen LogP contribution is 2.37. The van der Waals surface area contributed by atoms with Gasteiger partial charge in [-0.1, -0.05) is 26.0 Å². The van der Waals surface area contributed by atoms with Crippen LogP contribution < -0.4 is 5.73 Å². The molecule has 0 aliphatic heterocycles. The third kappa shape index (κ3) is 5.75. The van der Waals surface area contributed by atoms with Crippen molar-refractivity contribution in [2.45, 2.75) is 33.5 Å². The molecule has 0 unspecified atom stereocenters. The Kier molecular flexibility index (Phi) is 8.48. The van der Waals surface area contributed by atoms with Crippen LogP contribution in [0.15, 0.2) is 48.8 Å². The van der Waals surface area contributed by atoms with Crippen molar-refractivity contribution in [2.75, 3.05) is 12.8 Å². The number of benzene rings is 2. The highest BCUT2D eigenvalue weighted by atomic mass is 32.1. The lowest BCUT2D eigenvalue weighted by atomic mass is 10.1. The van der Waals surface area contributed by atoms with Crippen LogP contribution in [0.5, 0.6) is 0 Å². The van der Waals surface area contributed by atoms with Crippen LogP contribution in [-0.2, 0) is 24.6 Å². The Bertz CT molecular complexity index is 1800. The topological polar surface area (TPSA) is 110 Å². The summed E-state index contributed by atoms with van der Waals surface area (Å²) >= 11 is 0.397. The number of fused-ring (bicyclic) bond motifs is 3. The van der Waals surface area contributed by atoms with Gasteiger partial charge in [-0.25, -0.2) is 19.4 Å². The molecule has 0 spiro atoms. The molecule has 0 fully saturated rings. The first-order chi connectivity index (χ1) is 19.8. The van der Waals surface area contributed by atoms with Gasteiger partial charge in [-0.05, 0) is 29.8 Å². The summed E-state index contributed by atoms with van der Waals surface area (Å²) in [6, 6.07) is 8.63. The minimum absolute atomic E-state index is 0.0509. The minimum atomic E-state index is -4.60. The number of carbonyl (C=O) groups is 2. The number of hydrogen-bond acceptors (Lipinski definition) is 7. The van der Waals surface area contributed by atoms with Crippen molar-refractivity contribution < 1.29 is 27.2 Å². The summed E-state index contributed by atoms with van der Waals surface area (Å²) in [5.41, 5.74) is 7.71. The van der Waals surface area contributed by atoms with E-state index in [-0.39, 0.29) is 28.1 Å². The number of aromatic nitrogens is 4. The van der Waals surface area contributed by atoms with Gasteiger partial charge in [0.2, 0.25) is 5.91 Å². The molecule has 14 heteroatoms. The second-order valence-electron chi connectivity index (χ2n) is 9.00. The van der Waals surface area contributed by atoms with Crippen molar-refractivity contribution in [3.63, 3.8) is 0 Å². The molecule has 0 aliphatic rings. The molecule has 9 nitrogen and oxygen atoms in total. The number of hydrogen-bond donors (Lipinski definition) is 1. The van der Waals surface area contributed by atoms with Gasteiger partial charge in [0.15, 0.2) is 5.01 Å². The van der Waals surface area contributed by atoms with Crippen LogP contribution in [0.25, 0.3) is 32.2 Å². The van der Waals surface area contributed by atoms with Crippen LogP contribution in [-0.4, -0.2) is 48.6 Å². The SMILES string of the molecule is CC.CC(=O)N(C)N(Cc1ccc(-c2cnc(C(F)(F)F)s2)cc1F)C(=O)c1ccc2nc(N)c3cnn(C)c3c2c1. The lowest BCUT2D eigenvalue weighted by molar-refractivity contribution is -0.140. The Hall–Kier alpha value is -4.59. The summed E-state index contributed by atoms with van der Waals surface area (Å²) in [4.78, 5) is 33.8. The molecule has 5 rings (SSSR count). The Balaban J connectivity index is 0.00000198. The molecular formula is C28H27F4N7O2S. The average molecular weight is 602 g/mol. The number of pyridine rings is 1. The van der Waals surface area contributed by atoms with Crippen molar-refractivity contribution in [1.29, 1.82) is 0 Å². The van der Waals surface area contributed by atoms with E-state index in [9.17, 15) is 22.8 Å². The zero-order valence-electron chi connectivity index (χ0n) is 23.3. The van der Waals surface area contributed by atoms with Gasteiger partial charge in [0.1, 0.15) is 11.6 Å². The van der Waals surface area contributed by atoms with E-state index in [0.717, 1.165) is 22.3 Å². The number of alkyl halides is 3. The van der Waals surface area contributed by atoms with Crippen LogP contribution in [0.2, 0.25) is 0 Å². The molecule has 0 bridgehead atoms. The molecule has 0 saturated heterocycles. The maximum Gasteiger partial charge on any atom is 0.443 e. The molecule has 3 heterocycles. The number of aryl methyl sites for hydroxylation is 1. The van der Waals surface area contributed by atoms with Gasteiger partial charge in [0.25, 0.3) is 5.91 Å². The van der Waals surface area contributed by atoms with Gasteiger partial charge in [-0.15, -0.1) is 11.3 Å². The Morgan fingerprint density at radius 3 is 2.40 bits per heavy atom. The number of anilines is 1. The Morgan fingerprint density at radius 2 is 1.79 bits per heavy atom. The molecule has 5 aromatic rings. The van der Waals surface area contributed by atoms with E-state index in [2.05, 4.69) is 15.1 Å². The highest BCUT2D eigenvalue weighted by Gasteiger charge is 2.34. The molecule has 0 radical (unpaired) electrons. The van der Waals surface area contributed by atoms with Crippen molar-refractivity contribution in [3.8, 4) is 10.4 Å². The largest absolute Gasteiger partial charge is 0.443 e. The molecule has 3 aromatic heterocycles. The van der Waals surface area contributed by atoms with E-state index in [1.54, 1.807) is 30.1 Å². The lowest BCUT2D eigenvalue weighted by Crippen LogP contribution is -2.46. The molecule has 0 atom stereocenters. The molecule has 42 heavy (non-hydrogen) atoms. The quantitative estimate of drug-likeness (QED) is 0.199. The standard InChI is InChI=1S/C26H21F4N7O2S.C2H6/c1-13(38)36(3)37(12-16-5-4-14(9-19(16)27)21-11-32-25(40-21)26(28,29)30)24(39)15-6-7-20-17(8-15)22-18(23(31)34-20)10-33-35(22)2;1-2/h4-11H,12H2,1-3H3,(H2,31,34);1-2H3. The Labute approximate surface area is 242 Å². The fraction of sp³-hybridized carbons (Fsp3) is 0.250. The van der Waals surface area contributed by atoms with Gasteiger partial charge in [-0.3, -0.25) is 19.3 Å². The third-order valence-corrected chi connectivity index (χ3v) is 7.50. The first-order valence-corrected chi connectivity index (χ1v) is 13.6. The van der Waals surface area contributed by atoms with Crippen LogP contribution in [0.4, 0.5) is 23.4 Å². The van der Waals surface area contributed by atoms with E-state index in [1.807, 2.05) is 13.8 Å². The molecule has 220 valence electrons. The van der Waals surface area contributed by atoms with Gasteiger partial charge < -0.3 is 5.73 Å². The van der Waals surface area contributed by atoms with Crippen LogP contribution in [0, 0.1) is 5.82 Å². The monoisotopic (exact) mass is 601 g/mol. The summed E-state index contributed by atoms with van der Waals surface area (Å²) in [5, 5.41) is 6.56. The Morgan fingerprint density at radius 1 is 1.07 bits per heavy atom. The summed E-state index contributed by atoms with van der Waals surface area (Å²) < 4.78 is 55.6. The molecule has 0 aliphatic carbocycles. The zero-order valence-corrected chi connectivity index (χ0v) is 24.1. The second kappa shape index (κ2) is 11.7. The molecule has 2 amide bonds. The molecule has 2 aromatic carbocycles. The van der Waals surface area contributed by atoms with Crippen molar-refractivity contribution in [3.05, 3.63) is 70.7 Å². The maximum atomic E-state index is 15.2. The summed E-state index contributed by atoms with van der Waals surface area (Å²) in [6.45, 7) is 4.94. The molecule has 2 N–H and O–H groups in total. The van der Waals surface area contributed by atoms with Crippen LogP contribution >= 0.6 is 11.3 Å². The number of halogens is 4. The van der Waals surface area contributed by atoms with Gasteiger partial charge in [-0.2, -0.15) is 18.3 Å². The smallest absolute Gasteiger partial charge is 0.383 e. The van der Waals surface area contributed by atoms with Gasteiger partial charge in [0.05, 0.1) is 34.0 Å². The predicted octanol–water partition coefficient (Wildman–Crippen LogP) is 6.05. The highest BCUT2D eigenvalue weighted by molar-refractivity contribution is 7.15. The molecule has 0 saturated carbocycles. The number of thiazole rings is 1. The number of amides is 2.